The molecule has 5 nitrogen and oxygen atoms in total. The smallest absolute Gasteiger partial charge is 0.326 e. The Hall–Kier alpha value is -2.01. The topological polar surface area (TPSA) is 78.4 Å². The lowest BCUT2D eigenvalue weighted by atomic mass is 10.1. The molecule has 20 heavy (non-hydrogen) atoms. The highest BCUT2D eigenvalue weighted by molar-refractivity contribution is 6.31. The summed E-state index contributed by atoms with van der Waals surface area (Å²) < 4.78 is 0. The van der Waals surface area contributed by atoms with E-state index in [1.165, 1.54) is 6.08 Å². The van der Waals surface area contributed by atoms with Crippen LogP contribution in [-0.2, 0) is 4.79 Å². The van der Waals surface area contributed by atoms with Crippen LogP contribution >= 0.6 is 11.6 Å². The fraction of sp³-hybridized carbons (Fsp3) is 0.286. The van der Waals surface area contributed by atoms with Crippen molar-refractivity contribution < 1.29 is 14.7 Å². The minimum absolute atomic E-state index is 0.156. The van der Waals surface area contributed by atoms with Crippen molar-refractivity contribution in [3.63, 3.8) is 0 Å². The quantitative estimate of drug-likeness (QED) is 0.706. The lowest BCUT2D eigenvalue weighted by molar-refractivity contribution is -0.139. The van der Waals surface area contributed by atoms with Crippen molar-refractivity contribution in [1.82, 2.24) is 10.6 Å². The molecule has 0 aromatic heterocycles. The summed E-state index contributed by atoms with van der Waals surface area (Å²) in [7, 11) is 0. The molecule has 1 aromatic carbocycles. The van der Waals surface area contributed by atoms with Crippen molar-refractivity contribution in [2.75, 3.05) is 0 Å². The number of carbonyl (C=O) groups is 2. The lowest BCUT2D eigenvalue weighted by Gasteiger charge is -2.18. The summed E-state index contributed by atoms with van der Waals surface area (Å²) in [5.41, 5.74) is 0.764. The van der Waals surface area contributed by atoms with Gasteiger partial charge in [0.1, 0.15) is 6.04 Å². The number of halogens is 1. The van der Waals surface area contributed by atoms with Gasteiger partial charge in [0.15, 0.2) is 0 Å². The summed E-state index contributed by atoms with van der Waals surface area (Å²) in [5, 5.41) is 14.5. The number of benzene rings is 1. The third kappa shape index (κ3) is 4.59. The van der Waals surface area contributed by atoms with Crippen molar-refractivity contribution in [2.24, 2.45) is 0 Å². The van der Waals surface area contributed by atoms with Gasteiger partial charge in [0.05, 0.1) is 6.04 Å². The van der Waals surface area contributed by atoms with Crippen LogP contribution in [0.1, 0.15) is 24.9 Å². The van der Waals surface area contributed by atoms with Crippen molar-refractivity contribution in [3.05, 3.63) is 47.5 Å². The molecular weight excluding hydrogens is 280 g/mol. The standard InChI is InChI=1S/C14H17ClN2O3/c1-3-6-12(13(18)19)17-14(20)16-9(2)10-7-4-5-8-11(10)15/h3-5,7-9,12H,1,6H2,2H3,(H,18,19)(H2,16,17,20). The Balaban J connectivity index is 2.64. The highest BCUT2D eigenvalue weighted by atomic mass is 35.5. The SMILES string of the molecule is C=CCC(NC(=O)NC(C)c1ccccc1Cl)C(=O)O. The van der Waals surface area contributed by atoms with Crippen LogP contribution in [0.4, 0.5) is 4.79 Å². The Bertz CT molecular complexity index is 505. The third-order valence-electron chi connectivity index (χ3n) is 2.73. The van der Waals surface area contributed by atoms with Crippen molar-refractivity contribution in [1.29, 1.82) is 0 Å². The highest BCUT2D eigenvalue weighted by Crippen LogP contribution is 2.21. The second kappa shape index (κ2) is 7.55. The molecule has 1 rings (SSSR count). The van der Waals surface area contributed by atoms with E-state index in [-0.39, 0.29) is 12.5 Å². The van der Waals surface area contributed by atoms with Crippen molar-refractivity contribution in [2.45, 2.75) is 25.4 Å². The first-order valence-corrected chi connectivity index (χ1v) is 6.48. The predicted molar refractivity (Wildman–Crippen MR) is 77.8 cm³/mol. The van der Waals surface area contributed by atoms with E-state index in [2.05, 4.69) is 17.2 Å². The van der Waals surface area contributed by atoms with Gasteiger partial charge in [-0.15, -0.1) is 6.58 Å². The Kier molecular flexibility index (Phi) is 6.06. The van der Waals surface area contributed by atoms with Crippen LogP contribution in [0.3, 0.4) is 0 Å². The summed E-state index contributed by atoms with van der Waals surface area (Å²) in [4.78, 5) is 22.7. The van der Waals surface area contributed by atoms with E-state index < -0.39 is 18.0 Å². The van der Waals surface area contributed by atoms with E-state index in [0.717, 1.165) is 5.56 Å². The van der Waals surface area contributed by atoms with Crippen LogP contribution in [0.25, 0.3) is 0 Å². The first kappa shape index (κ1) is 16.0. The molecule has 6 heteroatoms. The van der Waals surface area contributed by atoms with Gasteiger partial charge in [-0.05, 0) is 25.0 Å². The number of hydrogen-bond donors (Lipinski definition) is 3. The first-order chi connectivity index (χ1) is 9.45. The van der Waals surface area contributed by atoms with Gasteiger partial charge in [-0.2, -0.15) is 0 Å². The normalized spacial score (nSPS) is 13.1. The number of carbonyl (C=O) groups excluding carboxylic acids is 1. The average Bonchev–Trinajstić information content (AvgIpc) is 2.38. The number of carboxylic acids is 1. The molecule has 0 fully saturated rings. The van der Waals surface area contributed by atoms with Crippen LogP contribution in [0.2, 0.25) is 5.02 Å². The van der Waals surface area contributed by atoms with Gasteiger partial charge in [-0.1, -0.05) is 35.9 Å². The maximum Gasteiger partial charge on any atom is 0.326 e. The molecule has 1 aromatic rings. The predicted octanol–water partition coefficient (Wildman–Crippen LogP) is 2.73. The number of aliphatic carboxylic acids is 1. The molecule has 2 unspecified atom stereocenters. The van der Waals surface area contributed by atoms with Gasteiger partial charge >= 0.3 is 12.0 Å². The molecular formula is C14H17ClN2O3. The Morgan fingerprint density at radius 3 is 2.60 bits per heavy atom. The van der Waals surface area contributed by atoms with Crippen molar-refractivity contribution in [3.8, 4) is 0 Å². The summed E-state index contributed by atoms with van der Waals surface area (Å²) in [6.07, 6.45) is 1.60. The van der Waals surface area contributed by atoms with Crippen LogP contribution in [0, 0.1) is 0 Å². The van der Waals surface area contributed by atoms with Crippen LogP contribution in [0.5, 0.6) is 0 Å². The number of urea groups is 1. The van der Waals surface area contributed by atoms with Gasteiger partial charge in [0.2, 0.25) is 0 Å². The summed E-state index contributed by atoms with van der Waals surface area (Å²) >= 11 is 6.03. The Labute approximate surface area is 122 Å². The maximum atomic E-state index is 11.8. The number of rotatable bonds is 6. The maximum absolute atomic E-state index is 11.8. The molecule has 0 aliphatic heterocycles. The second-order valence-electron chi connectivity index (χ2n) is 4.28. The monoisotopic (exact) mass is 296 g/mol. The molecule has 0 radical (unpaired) electrons. The fourth-order valence-corrected chi connectivity index (χ4v) is 1.99. The Morgan fingerprint density at radius 2 is 2.05 bits per heavy atom. The summed E-state index contributed by atoms with van der Waals surface area (Å²) in [5.74, 6) is -1.11. The van der Waals surface area contributed by atoms with Crippen LogP contribution < -0.4 is 10.6 Å². The Morgan fingerprint density at radius 1 is 1.40 bits per heavy atom. The average molecular weight is 297 g/mol. The molecule has 0 saturated heterocycles. The molecule has 2 atom stereocenters. The summed E-state index contributed by atoms with van der Waals surface area (Å²) in [6.45, 7) is 5.23. The van der Waals surface area contributed by atoms with E-state index in [1.54, 1.807) is 25.1 Å². The van der Waals surface area contributed by atoms with Crippen LogP contribution in [-0.4, -0.2) is 23.1 Å². The van der Waals surface area contributed by atoms with E-state index in [1.807, 2.05) is 6.07 Å². The van der Waals surface area contributed by atoms with E-state index >= 15 is 0 Å². The molecule has 108 valence electrons. The number of hydrogen-bond acceptors (Lipinski definition) is 2. The van der Waals surface area contributed by atoms with Gasteiger partial charge in [0, 0.05) is 5.02 Å². The van der Waals surface area contributed by atoms with Crippen molar-refractivity contribution >= 4 is 23.6 Å². The lowest BCUT2D eigenvalue weighted by Crippen LogP contribution is -2.46. The first-order valence-electron chi connectivity index (χ1n) is 6.10. The van der Waals surface area contributed by atoms with Gasteiger partial charge in [-0.25, -0.2) is 9.59 Å². The van der Waals surface area contributed by atoms with Gasteiger partial charge in [-0.3, -0.25) is 0 Å². The minimum Gasteiger partial charge on any atom is -0.480 e. The molecule has 3 N–H and O–H groups in total. The van der Waals surface area contributed by atoms with Gasteiger partial charge in [0.25, 0.3) is 0 Å². The van der Waals surface area contributed by atoms with E-state index in [0.29, 0.717) is 5.02 Å². The fourth-order valence-electron chi connectivity index (χ4n) is 1.69. The molecule has 0 saturated carbocycles. The van der Waals surface area contributed by atoms with E-state index in [4.69, 9.17) is 16.7 Å². The number of nitrogens with one attached hydrogen (secondary N) is 2. The zero-order valence-corrected chi connectivity index (χ0v) is 11.9. The molecule has 2 amide bonds. The molecule has 0 aliphatic rings. The zero-order valence-electron chi connectivity index (χ0n) is 11.1. The molecule has 0 spiro atoms. The molecule has 0 aliphatic carbocycles. The number of carboxylic acid groups (broad SMARTS) is 1. The molecule has 0 heterocycles. The second-order valence-corrected chi connectivity index (χ2v) is 4.68. The molecule has 0 bridgehead atoms. The third-order valence-corrected chi connectivity index (χ3v) is 3.07. The highest BCUT2D eigenvalue weighted by Gasteiger charge is 2.19. The zero-order chi connectivity index (χ0) is 15.1. The largest absolute Gasteiger partial charge is 0.480 e. The number of amides is 2. The van der Waals surface area contributed by atoms with Crippen LogP contribution in [0.15, 0.2) is 36.9 Å². The minimum atomic E-state index is -1.11. The summed E-state index contributed by atoms with van der Waals surface area (Å²) in [6, 6.07) is 5.24. The van der Waals surface area contributed by atoms with Gasteiger partial charge < -0.3 is 15.7 Å². The van der Waals surface area contributed by atoms with E-state index in [9.17, 15) is 9.59 Å².